The summed E-state index contributed by atoms with van der Waals surface area (Å²) in [4.78, 5) is 44.8. The Bertz CT molecular complexity index is 1340. The fourth-order valence-corrected chi connectivity index (χ4v) is 4.12. The quantitative estimate of drug-likeness (QED) is 0.247. The molecular formula is C28H26N2O5. The second-order valence-electron chi connectivity index (χ2n) is 8.75. The van der Waals surface area contributed by atoms with E-state index >= 15 is 0 Å². The van der Waals surface area contributed by atoms with Crippen LogP contribution in [0.1, 0.15) is 52.6 Å². The molecule has 1 aliphatic rings. The van der Waals surface area contributed by atoms with Crippen LogP contribution in [0.25, 0.3) is 5.76 Å². The SMILES string of the molecule is Cc1ccc(C)c(/C(O)=C2\C(=O)C(=O)N(c3cccc(C(=O)OC(C)C)c3)C2c2ccccn2)c1. The number of carbonyl (C=O) groups excluding carboxylic acids is 3. The second kappa shape index (κ2) is 9.54. The van der Waals surface area contributed by atoms with E-state index in [1.54, 1.807) is 62.5 Å². The lowest BCUT2D eigenvalue weighted by molar-refractivity contribution is -0.132. The van der Waals surface area contributed by atoms with Crippen molar-refractivity contribution in [2.45, 2.75) is 39.8 Å². The molecule has 7 nitrogen and oxygen atoms in total. The summed E-state index contributed by atoms with van der Waals surface area (Å²) < 4.78 is 5.28. The third-order valence-electron chi connectivity index (χ3n) is 5.76. The highest BCUT2D eigenvalue weighted by molar-refractivity contribution is 6.51. The van der Waals surface area contributed by atoms with Gasteiger partial charge in [-0.3, -0.25) is 19.5 Å². The number of carbonyl (C=O) groups is 3. The zero-order chi connectivity index (χ0) is 25.3. The Kier molecular flexibility index (Phi) is 6.51. The van der Waals surface area contributed by atoms with Crippen LogP contribution in [0.3, 0.4) is 0 Å². The maximum Gasteiger partial charge on any atom is 0.338 e. The van der Waals surface area contributed by atoms with Gasteiger partial charge in [0.05, 0.1) is 22.9 Å². The number of Topliss-reactive ketones (excluding diaryl/α,β-unsaturated/α-hetero) is 1. The molecule has 35 heavy (non-hydrogen) atoms. The largest absolute Gasteiger partial charge is 0.507 e. The number of ether oxygens (including phenoxy) is 1. The third kappa shape index (κ3) is 4.57. The van der Waals surface area contributed by atoms with Crippen molar-refractivity contribution in [3.63, 3.8) is 0 Å². The molecule has 1 fully saturated rings. The normalized spacial score (nSPS) is 17.2. The number of hydrogen-bond donors (Lipinski definition) is 1. The molecule has 2 heterocycles. The molecule has 178 valence electrons. The van der Waals surface area contributed by atoms with Crippen molar-refractivity contribution in [1.82, 2.24) is 4.98 Å². The van der Waals surface area contributed by atoms with Crippen LogP contribution in [-0.4, -0.2) is 33.9 Å². The number of benzene rings is 2. The van der Waals surface area contributed by atoms with E-state index in [2.05, 4.69) is 4.98 Å². The van der Waals surface area contributed by atoms with Gasteiger partial charge in [0.2, 0.25) is 0 Å². The molecule has 1 unspecified atom stereocenters. The van der Waals surface area contributed by atoms with Crippen molar-refractivity contribution < 1.29 is 24.2 Å². The Hall–Kier alpha value is -4.26. The van der Waals surface area contributed by atoms with Gasteiger partial charge in [-0.15, -0.1) is 0 Å². The lowest BCUT2D eigenvalue weighted by atomic mass is 9.95. The van der Waals surface area contributed by atoms with Gasteiger partial charge in [0.15, 0.2) is 0 Å². The average molecular weight is 471 g/mol. The van der Waals surface area contributed by atoms with Crippen LogP contribution in [0.2, 0.25) is 0 Å². The van der Waals surface area contributed by atoms with E-state index in [0.29, 0.717) is 16.9 Å². The van der Waals surface area contributed by atoms with Crippen LogP contribution in [-0.2, 0) is 14.3 Å². The van der Waals surface area contributed by atoms with E-state index in [0.717, 1.165) is 11.1 Å². The predicted molar refractivity (Wildman–Crippen MR) is 132 cm³/mol. The third-order valence-corrected chi connectivity index (χ3v) is 5.76. The van der Waals surface area contributed by atoms with Crippen molar-refractivity contribution >= 4 is 29.1 Å². The summed E-state index contributed by atoms with van der Waals surface area (Å²) in [7, 11) is 0. The van der Waals surface area contributed by atoms with Gasteiger partial charge in [-0.2, -0.15) is 0 Å². The molecule has 1 N–H and O–H groups in total. The van der Waals surface area contributed by atoms with Crippen LogP contribution >= 0.6 is 0 Å². The first-order valence-corrected chi connectivity index (χ1v) is 11.3. The number of rotatable bonds is 5. The van der Waals surface area contributed by atoms with Gasteiger partial charge in [0.25, 0.3) is 11.7 Å². The molecule has 1 atom stereocenters. The van der Waals surface area contributed by atoms with Gasteiger partial charge in [-0.25, -0.2) is 4.79 Å². The van der Waals surface area contributed by atoms with Crippen LogP contribution in [0.5, 0.6) is 0 Å². The number of pyridine rings is 1. The fraction of sp³-hybridized carbons (Fsp3) is 0.214. The highest BCUT2D eigenvalue weighted by Gasteiger charge is 2.47. The van der Waals surface area contributed by atoms with Crippen molar-refractivity contribution in [1.29, 1.82) is 0 Å². The molecule has 1 saturated heterocycles. The highest BCUT2D eigenvalue weighted by atomic mass is 16.5. The summed E-state index contributed by atoms with van der Waals surface area (Å²) in [6.45, 7) is 7.19. The predicted octanol–water partition coefficient (Wildman–Crippen LogP) is 4.89. The molecule has 1 aromatic heterocycles. The zero-order valence-corrected chi connectivity index (χ0v) is 20.0. The summed E-state index contributed by atoms with van der Waals surface area (Å²) in [5, 5.41) is 11.3. The maximum absolute atomic E-state index is 13.3. The molecule has 0 bridgehead atoms. The standard InChI is InChI=1S/C28H26N2O5/c1-16(2)35-28(34)19-8-7-9-20(15-19)30-24(22-10-5-6-13-29-22)23(26(32)27(30)33)25(31)21-14-17(3)11-12-18(21)4/h5-16,24,31H,1-4H3/b25-23+. The topological polar surface area (TPSA) is 96.8 Å². The van der Waals surface area contributed by atoms with Gasteiger partial charge in [-0.1, -0.05) is 29.8 Å². The first-order chi connectivity index (χ1) is 16.7. The smallest absolute Gasteiger partial charge is 0.338 e. The number of aryl methyl sites for hydroxylation is 2. The van der Waals surface area contributed by atoms with E-state index < -0.39 is 23.7 Å². The minimum absolute atomic E-state index is 0.0578. The molecule has 7 heteroatoms. The van der Waals surface area contributed by atoms with Crippen molar-refractivity contribution in [3.05, 3.63) is 100 Å². The van der Waals surface area contributed by atoms with Crippen LogP contribution in [0, 0.1) is 13.8 Å². The average Bonchev–Trinajstić information content (AvgIpc) is 3.11. The van der Waals surface area contributed by atoms with Crippen LogP contribution < -0.4 is 4.90 Å². The molecule has 1 aliphatic heterocycles. The van der Waals surface area contributed by atoms with Crippen molar-refractivity contribution in [2.75, 3.05) is 4.90 Å². The summed E-state index contributed by atoms with van der Waals surface area (Å²) >= 11 is 0. The molecule has 4 rings (SSSR count). The van der Waals surface area contributed by atoms with Crippen molar-refractivity contribution in [3.8, 4) is 0 Å². The number of aliphatic hydroxyl groups excluding tert-OH is 1. The second-order valence-corrected chi connectivity index (χ2v) is 8.75. The molecular weight excluding hydrogens is 444 g/mol. The van der Waals surface area contributed by atoms with Gasteiger partial charge in [0, 0.05) is 17.4 Å². The molecule has 3 aromatic rings. The summed E-state index contributed by atoms with van der Waals surface area (Å²) in [5.41, 5.74) is 3.05. The van der Waals surface area contributed by atoms with E-state index in [1.165, 1.54) is 11.0 Å². The lowest BCUT2D eigenvalue weighted by Gasteiger charge is -2.25. The summed E-state index contributed by atoms with van der Waals surface area (Å²) in [6, 6.07) is 16.0. The minimum Gasteiger partial charge on any atom is -0.507 e. The number of anilines is 1. The van der Waals surface area contributed by atoms with E-state index in [1.807, 2.05) is 26.0 Å². The first kappa shape index (κ1) is 23.9. The number of esters is 1. The van der Waals surface area contributed by atoms with Crippen LogP contribution in [0.15, 0.2) is 72.4 Å². The maximum atomic E-state index is 13.3. The molecule has 1 amide bonds. The van der Waals surface area contributed by atoms with E-state index in [-0.39, 0.29) is 23.0 Å². The number of nitrogens with zero attached hydrogens (tertiary/aromatic N) is 2. The summed E-state index contributed by atoms with van der Waals surface area (Å²) in [5.74, 6) is -2.45. The molecule has 2 aromatic carbocycles. The van der Waals surface area contributed by atoms with Gasteiger partial charge in [0.1, 0.15) is 11.8 Å². The Morgan fingerprint density at radius 3 is 2.49 bits per heavy atom. The van der Waals surface area contributed by atoms with Gasteiger partial charge < -0.3 is 9.84 Å². The van der Waals surface area contributed by atoms with Crippen LogP contribution in [0.4, 0.5) is 5.69 Å². The Morgan fingerprint density at radius 2 is 1.80 bits per heavy atom. The molecule has 0 aliphatic carbocycles. The number of amides is 1. The number of ketones is 1. The Labute approximate surface area is 203 Å². The lowest BCUT2D eigenvalue weighted by Crippen LogP contribution is -2.30. The number of hydrogen-bond acceptors (Lipinski definition) is 6. The van der Waals surface area contributed by atoms with Crippen molar-refractivity contribution in [2.24, 2.45) is 0 Å². The zero-order valence-electron chi connectivity index (χ0n) is 20.0. The first-order valence-electron chi connectivity index (χ1n) is 11.3. The fourth-order valence-electron chi connectivity index (χ4n) is 4.12. The molecule has 0 saturated carbocycles. The number of aliphatic hydroxyl groups is 1. The summed E-state index contributed by atoms with van der Waals surface area (Å²) in [6.07, 6.45) is 1.25. The monoisotopic (exact) mass is 470 g/mol. The minimum atomic E-state index is -0.979. The Morgan fingerprint density at radius 1 is 1.03 bits per heavy atom. The van der Waals surface area contributed by atoms with E-state index in [9.17, 15) is 19.5 Å². The highest BCUT2D eigenvalue weighted by Crippen LogP contribution is 2.42. The van der Waals surface area contributed by atoms with Gasteiger partial charge in [-0.05, 0) is 69.7 Å². The molecule has 0 spiro atoms. The van der Waals surface area contributed by atoms with Gasteiger partial charge >= 0.3 is 5.97 Å². The molecule has 0 radical (unpaired) electrons. The number of aromatic nitrogens is 1. The van der Waals surface area contributed by atoms with E-state index in [4.69, 9.17) is 4.74 Å². The Balaban J connectivity index is 1.91.